The predicted octanol–water partition coefficient (Wildman–Crippen LogP) is 1.04. The lowest BCUT2D eigenvalue weighted by Crippen LogP contribution is -2.71. The molecule has 0 aliphatic carbocycles. The molecule has 0 saturated carbocycles. The van der Waals surface area contributed by atoms with E-state index in [1.54, 1.807) is 0 Å². The quantitative estimate of drug-likeness (QED) is 0.495. The molecule has 0 bridgehead atoms. The smallest absolute Gasteiger partial charge is 0.418 e. The lowest BCUT2D eigenvalue weighted by molar-refractivity contribution is -0.452. The van der Waals surface area contributed by atoms with Crippen molar-refractivity contribution in [2.24, 2.45) is 0 Å². The van der Waals surface area contributed by atoms with Gasteiger partial charge in [0.2, 0.25) is 0 Å². The van der Waals surface area contributed by atoms with E-state index in [-0.39, 0.29) is 0 Å². The van der Waals surface area contributed by atoms with Crippen LogP contribution in [0, 0.1) is 0 Å². The van der Waals surface area contributed by atoms with Gasteiger partial charge in [-0.3, -0.25) is 0 Å². The topological polar surface area (TPSA) is 14.0 Å². The second-order valence-electron chi connectivity index (χ2n) is 3.04. The highest BCUT2D eigenvalue weighted by atomic mass is 19.5. The van der Waals surface area contributed by atoms with Crippen molar-refractivity contribution in [3.63, 3.8) is 0 Å². The molecule has 82 valence electrons. The molecule has 0 fully saturated rings. The molecular weight excluding hydrogens is 209 g/mol. The Morgan fingerprint density at radius 1 is 1.07 bits per heavy atom. The Balaban J connectivity index is 0.000000195. The van der Waals surface area contributed by atoms with Crippen molar-refractivity contribution in [1.29, 1.82) is 0 Å². The molecule has 0 radical (unpaired) electrons. The van der Waals surface area contributed by atoms with Crippen LogP contribution in [0.2, 0.25) is 0 Å². The van der Waals surface area contributed by atoms with Crippen LogP contribution >= 0.6 is 0 Å². The molecule has 1 heterocycles. The minimum Gasteiger partial charge on any atom is -0.418 e. The average molecular weight is 219 g/mol. The summed E-state index contributed by atoms with van der Waals surface area (Å²) in [4.78, 5) is 3.22. The summed E-state index contributed by atoms with van der Waals surface area (Å²) in [6.07, 6.45) is 3.24. The molecule has 2 rings (SSSR count). The first-order valence-electron chi connectivity index (χ1n) is 4.48. The van der Waals surface area contributed by atoms with Crippen molar-refractivity contribution >= 4 is 13.5 Å². The number of benzene rings is 1. The van der Waals surface area contributed by atoms with Gasteiger partial charge < -0.3 is 17.3 Å². The van der Waals surface area contributed by atoms with Crippen molar-refractivity contribution in [2.75, 3.05) is 6.54 Å². The van der Waals surface area contributed by atoms with E-state index in [1.807, 2.05) is 0 Å². The molecule has 1 N–H and O–H groups in total. The molecule has 1 aromatic carbocycles. The third-order valence-corrected chi connectivity index (χ3v) is 1.85. The first kappa shape index (κ1) is 11.7. The van der Waals surface area contributed by atoms with E-state index < -0.39 is 7.25 Å². The first-order chi connectivity index (χ1) is 6.97. The van der Waals surface area contributed by atoms with Crippen LogP contribution < -0.4 is 4.99 Å². The van der Waals surface area contributed by atoms with Crippen molar-refractivity contribution in [3.8, 4) is 0 Å². The van der Waals surface area contributed by atoms with Crippen LogP contribution in [0.15, 0.2) is 24.3 Å². The minimum absolute atomic E-state index is 1.08. The Kier molecular flexibility index (Phi) is 3.88. The van der Waals surface area contributed by atoms with Gasteiger partial charge in [0.05, 0.1) is 0 Å². The highest BCUT2D eigenvalue weighted by Gasteiger charge is 2.20. The van der Waals surface area contributed by atoms with Gasteiger partial charge in [-0.15, -0.1) is 0 Å². The third-order valence-electron chi connectivity index (χ3n) is 1.85. The van der Waals surface area contributed by atoms with Gasteiger partial charge in [0.1, 0.15) is 6.54 Å². The van der Waals surface area contributed by atoms with Gasteiger partial charge in [0.25, 0.3) is 0 Å². The summed E-state index contributed by atoms with van der Waals surface area (Å²) < 4.78 is 39.0. The van der Waals surface area contributed by atoms with Crippen LogP contribution in [-0.4, -0.2) is 20.0 Å². The zero-order valence-electron chi connectivity index (χ0n) is 7.89. The van der Waals surface area contributed by atoms with Crippen LogP contribution in [0.1, 0.15) is 11.1 Å². The normalized spacial score (nSPS) is 13.9. The van der Waals surface area contributed by atoms with Crippen molar-refractivity contribution < 1.29 is 22.3 Å². The highest BCUT2D eigenvalue weighted by molar-refractivity contribution is 6.50. The van der Waals surface area contributed by atoms with Crippen LogP contribution in [0.25, 0.3) is 0 Å². The molecule has 0 unspecified atom stereocenters. The molecule has 0 aromatic heterocycles. The number of halogens is 4. The number of hydrogen-bond donors (Lipinski definition) is 1. The molecule has 1 nitrogen and oxygen atoms in total. The number of rotatable bonds is 0. The summed E-state index contributed by atoms with van der Waals surface area (Å²) in [6, 6.07) is 8.49. The fourth-order valence-electron chi connectivity index (χ4n) is 1.29. The monoisotopic (exact) mass is 219 g/mol. The number of hydrogen-bond acceptors (Lipinski definition) is 0. The van der Waals surface area contributed by atoms with Gasteiger partial charge in [0.15, 0.2) is 6.21 Å². The van der Waals surface area contributed by atoms with Gasteiger partial charge in [-0.1, -0.05) is 18.2 Å². The van der Waals surface area contributed by atoms with E-state index in [0.29, 0.717) is 0 Å². The van der Waals surface area contributed by atoms with Gasteiger partial charge in [-0.2, -0.15) is 0 Å². The van der Waals surface area contributed by atoms with Crippen LogP contribution in [-0.2, 0) is 6.42 Å². The van der Waals surface area contributed by atoms with Crippen LogP contribution in [0.3, 0.4) is 0 Å². The molecule has 0 spiro atoms. The first-order valence-corrected chi connectivity index (χ1v) is 4.48. The van der Waals surface area contributed by atoms with E-state index in [4.69, 9.17) is 0 Å². The Morgan fingerprint density at radius 3 is 2.27 bits per heavy atom. The SMILES string of the molecule is C1=[NH+]CCc2ccccc21.F[B-](F)(F)F. The lowest BCUT2D eigenvalue weighted by atomic mass is 10.0. The average Bonchev–Trinajstić information content (AvgIpc) is 2.16. The minimum atomic E-state index is -6.00. The highest BCUT2D eigenvalue weighted by Crippen LogP contribution is 2.06. The maximum atomic E-state index is 9.75. The Hall–Kier alpha value is -1.33. The van der Waals surface area contributed by atoms with E-state index in [1.165, 1.54) is 11.1 Å². The fraction of sp³-hybridized carbons (Fsp3) is 0.222. The van der Waals surface area contributed by atoms with Gasteiger partial charge in [0, 0.05) is 12.0 Å². The molecule has 1 aliphatic rings. The summed E-state index contributed by atoms with van der Waals surface area (Å²) in [6.45, 7) is 1.08. The lowest BCUT2D eigenvalue weighted by Gasteiger charge is -2.03. The van der Waals surface area contributed by atoms with Gasteiger partial charge in [-0.05, 0) is 11.6 Å². The molecular formula is C9H10BF4N. The fourth-order valence-corrected chi connectivity index (χ4v) is 1.29. The summed E-state index contributed by atoms with van der Waals surface area (Å²) in [5.41, 5.74) is 2.80. The van der Waals surface area contributed by atoms with Gasteiger partial charge in [-0.25, -0.2) is 4.99 Å². The third kappa shape index (κ3) is 5.19. The summed E-state index contributed by atoms with van der Waals surface area (Å²) in [5.74, 6) is 0. The Morgan fingerprint density at radius 2 is 1.67 bits per heavy atom. The zero-order chi connectivity index (χ0) is 11.3. The van der Waals surface area contributed by atoms with Crippen molar-refractivity contribution in [3.05, 3.63) is 35.4 Å². The molecule has 1 aliphatic heterocycles. The molecule has 6 heteroatoms. The molecule has 15 heavy (non-hydrogen) atoms. The zero-order valence-corrected chi connectivity index (χ0v) is 7.89. The Labute approximate surface area is 84.9 Å². The van der Waals surface area contributed by atoms with E-state index in [9.17, 15) is 17.3 Å². The number of fused-ring (bicyclic) bond motifs is 1. The predicted molar refractivity (Wildman–Crippen MR) is 51.3 cm³/mol. The second kappa shape index (κ2) is 4.95. The number of nitrogens with one attached hydrogen (secondary N) is 1. The maximum Gasteiger partial charge on any atom is 0.673 e. The standard InChI is InChI=1S/C9H9N.BF4/c1-2-4-9-7-10-6-5-8(9)3-1;2-1(3,4)5/h1-4,7H,5-6H2;/q;-1/p+1. The van der Waals surface area contributed by atoms with Crippen LogP contribution in [0.4, 0.5) is 17.3 Å². The molecule has 0 amide bonds. The summed E-state index contributed by atoms with van der Waals surface area (Å²) in [7, 11) is -6.00. The Bertz CT molecular complexity index is 342. The van der Waals surface area contributed by atoms with E-state index >= 15 is 0 Å². The van der Waals surface area contributed by atoms with E-state index in [2.05, 4.69) is 35.5 Å². The van der Waals surface area contributed by atoms with Crippen molar-refractivity contribution in [1.82, 2.24) is 0 Å². The molecule has 1 aromatic rings. The van der Waals surface area contributed by atoms with Crippen LogP contribution in [0.5, 0.6) is 0 Å². The van der Waals surface area contributed by atoms with Gasteiger partial charge >= 0.3 is 7.25 Å². The summed E-state index contributed by atoms with van der Waals surface area (Å²) in [5, 5.41) is 0. The molecule has 0 atom stereocenters. The van der Waals surface area contributed by atoms with E-state index in [0.717, 1.165) is 13.0 Å². The largest absolute Gasteiger partial charge is 0.673 e. The second-order valence-corrected chi connectivity index (χ2v) is 3.04. The van der Waals surface area contributed by atoms with Crippen molar-refractivity contribution in [2.45, 2.75) is 6.42 Å². The molecule has 0 saturated heterocycles. The maximum absolute atomic E-state index is 9.75. The summed E-state index contributed by atoms with van der Waals surface area (Å²) >= 11 is 0.